The Kier molecular flexibility index (Phi) is 60.8. The van der Waals surface area contributed by atoms with Gasteiger partial charge in [-0.1, -0.05) is 0 Å². The molecule has 0 aromatic carbocycles. The Balaban J connectivity index is -0.0000000171. The fraction of sp³-hybridized carbons (Fsp3) is 0. The van der Waals surface area contributed by atoms with Crippen LogP contribution in [0.1, 0.15) is 0 Å². The van der Waals surface area contributed by atoms with Crippen molar-refractivity contribution in [2.75, 3.05) is 0 Å². The molecule has 11 heavy (non-hydrogen) atoms. The smallest absolute Gasteiger partial charge is 0.672 e. The molecule has 0 aliphatic rings. The molecule has 0 fully saturated rings. The van der Waals surface area contributed by atoms with Gasteiger partial charge in [0.1, 0.15) is 0 Å². The summed E-state index contributed by atoms with van der Waals surface area (Å²) in [7, 11) is -7.26. The molecule has 0 aromatic heterocycles. The van der Waals surface area contributed by atoms with Gasteiger partial charge in [-0.05, 0) is 0 Å². The van der Waals surface area contributed by atoms with Crippen molar-refractivity contribution in [3.8, 4) is 0 Å². The minimum atomic E-state index is -3.63. The van der Waals surface area contributed by atoms with E-state index in [4.69, 9.17) is 28.1 Å². The van der Waals surface area contributed by atoms with Crippen LogP contribution in [0.2, 0.25) is 0 Å². The summed E-state index contributed by atoms with van der Waals surface area (Å²) in [4.78, 5) is 34.1. The maximum Gasteiger partial charge on any atom is 3.00 e. The van der Waals surface area contributed by atoms with Crippen LogP contribution in [0.25, 0.3) is 0 Å². The van der Waals surface area contributed by atoms with Crippen molar-refractivity contribution in [1.29, 1.82) is 0 Å². The van der Waals surface area contributed by atoms with Crippen LogP contribution in [0.4, 0.5) is 0 Å². The van der Waals surface area contributed by atoms with Crippen molar-refractivity contribution in [2.45, 2.75) is 0 Å². The van der Waals surface area contributed by atoms with Crippen LogP contribution in [-0.4, -0.2) is 41.2 Å². The topological polar surface area (TPSA) is 158 Å². The third-order valence-corrected chi connectivity index (χ3v) is 0. The minimum absolute atomic E-state index is 0. The summed E-state index contributed by atoms with van der Waals surface area (Å²) in [5, 5.41) is 0. The second kappa shape index (κ2) is 22.4. The van der Waals surface area contributed by atoms with Crippen molar-refractivity contribution in [3.05, 3.63) is 0 Å². The molecule has 0 aliphatic heterocycles. The maximum atomic E-state index is 8.52. The molecule has 0 saturated heterocycles. The van der Waals surface area contributed by atoms with E-state index in [1.54, 1.807) is 0 Å². The number of hydrogen-bond acceptors (Lipinski definition) is 6. The van der Waals surface area contributed by atoms with Gasteiger partial charge in [-0.2, -0.15) is 0 Å². The molecule has 0 saturated carbocycles. The molecule has 0 spiro atoms. The molecule has 0 aromatic rings. The number of hydrogen-bond donors (Lipinski definition) is 0. The first-order valence-electron chi connectivity index (χ1n) is 1.22. The standard InChI is InChI=1S/Al.Na.2O3Si.H2O/c;;2*1-4(2)3;/h;;;;1H2/q+3;+1;2*-2;. The zero-order chi connectivity index (χ0) is 7.15. The largest absolute Gasteiger partial charge is 3.00 e. The summed E-state index contributed by atoms with van der Waals surface area (Å²) < 4.78 is 17.0. The Bertz CT molecular complexity index is 74.4. The summed E-state index contributed by atoms with van der Waals surface area (Å²) >= 11 is 0. The molecule has 0 amide bonds. The summed E-state index contributed by atoms with van der Waals surface area (Å²) in [6.07, 6.45) is 0. The van der Waals surface area contributed by atoms with Crippen LogP contribution in [0.5, 0.6) is 0 Å². The van der Waals surface area contributed by atoms with Gasteiger partial charge in [-0.15, -0.1) is 0 Å². The predicted octanol–water partition coefficient (Wildman–Crippen LogP) is -9.96. The van der Waals surface area contributed by atoms with Gasteiger partial charge >= 0.3 is 46.9 Å². The first kappa shape index (κ1) is 29.8. The van der Waals surface area contributed by atoms with Crippen molar-refractivity contribution in [3.63, 3.8) is 0 Å². The van der Waals surface area contributed by atoms with Gasteiger partial charge in [0.25, 0.3) is 0 Å². The first-order chi connectivity index (χ1) is 3.46. The molecule has 0 bridgehead atoms. The average molecular weight is 220 g/mol. The molecule has 0 radical (unpaired) electrons. The van der Waals surface area contributed by atoms with Gasteiger partial charge in [-0.3, -0.25) is 0 Å². The summed E-state index contributed by atoms with van der Waals surface area (Å²) in [6, 6.07) is 0. The molecule has 0 aliphatic carbocycles. The summed E-state index contributed by atoms with van der Waals surface area (Å²) in [5.41, 5.74) is 0. The van der Waals surface area contributed by atoms with E-state index in [9.17, 15) is 0 Å². The molecule has 2 N–H and O–H groups in total. The minimum Gasteiger partial charge on any atom is -0.672 e. The van der Waals surface area contributed by atoms with E-state index < -0.39 is 18.3 Å². The van der Waals surface area contributed by atoms with Crippen LogP contribution >= 0.6 is 0 Å². The van der Waals surface area contributed by atoms with E-state index in [0.29, 0.717) is 0 Å². The third kappa shape index (κ3) is 1550. The Morgan fingerprint density at radius 3 is 0.818 bits per heavy atom. The SMILES string of the molecule is O.O=[Si]([O-])[O-].O=[Si]([O-])[O-].[Al+3].[Na+]. The summed E-state index contributed by atoms with van der Waals surface area (Å²) in [6.45, 7) is 0. The van der Waals surface area contributed by atoms with Crippen molar-refractivity contribution < 1.29 is 63.1 Å². The Morgan fingerprint density at radius 1 is 0.818 bits per heavy atom. The molecular formula is H2AlNaO7Si2. The van der Waals surface area contributed by atoms with E-state index >= 15 is 0 Å². The maximum absolute atomic E-state index is 8.52. The average Bonchev–Trinajstić information content (AvgIpc) is 1.25. The zero-order valence-corrected chi connectivity index (χ0v) is 10.7. The molecule has 0 heterocycles. The van der Waals surface area contributed by atoms with Crippen LogP contribution in [-0.2, 0) is 8.92 Å². The van der Waals surface area contributed by atoms with Crippen LogP contribution < -0.4 is 48.7 Å². The van der Waals surface area contributed by atoms with Crippen LogP contribution in [0.3, 0.4) is 0 Å². The second-order valence-electron chi connectivity index (χ2n) is 0.500. The summed E-state index contributed by atoms with van der Waals surface area (Å²) in [5.74, 6) is 0. The molecule has 0 rings (SSSR count). The Labute approximate surface area is 98.2 Å². The van der Waals surface area contributed by atoms with Crippen molar-refractivity contribution in [1.82, 2.24) is 0 Å². The zero-order valence-electron chi connectivity index (χ0n) is 5.53. The van der Waals surface area contributed by atoms with Gasteiger partial charge in [-0.25, -0.2) is 0 Å². The van der Waals surface area contributed by atoms with Crippen molar-refractivity contribution in [2.24, 2.45) is 0 Å². The fourth-order valence-corrected chi connectivity index (χ4v) is 0. The second-order valence-corrected chi connectivity index (χ2v) is 1.50. The van der Waals surface area contributed by atoms with Crippen molar-refractivity contribution >= 4 is 35.7 Å². The Hall–Kier alpha value is 0.726. The van der Waals surface area contributed by atoms with E-state index in [1.165, 1.54) is 0 Å². The molecule has 7 nitrogen and oxygen atoms in total. The normalized spacial score (nSPS) is 4.36. The molecular weight excluding hydrogens is 218 g/mol. The monoisotopic (exact) mass is 220 g/mol. The van der Waals surface area contributed by atoms with Gasteiger partial charge in [0, 0.05) is 18.3 Å². The van der Waals surface area contributed by atoms with E-state index in [2.05, 4.69) is 0 Å². The van der Waals surface area contributed by atoms with E-state index in [1.807, 2.05) is 0 Å². The van der Waals surface area contributed by atoms with Gasteiger partial charge in [0.15, 0.2) is 0 Å². The first-order valence-corrected chi connectivity index (χ1v) is 3.67. The molecule has 0 unspecified atom stereocenters. The van der Waals surface area contributed by atoms with Gasteiger partial charge in [0.05, 0.1) is 0 Å². The quantitative estimate of drug-likeness (QED) is 0.368. The van der Waals surface area contributed by atoms with Gasteiger partial charge < -0.3 is 33.6 Å². The fourth-order valence-electron chi connectivity index (χ4n) is 0. The van der Waals surface area contributed by atoms with E-state index in [-0.39, 0.29) is 52.4 Å². The van der Waals surface area contributed by atoms with Crippen LogP contribution in [0, 0.1) is 0 Å². The van der Waals surface area contributed by atoms with Gasteiger partial charge in [0.2, 0.25) is 0 Å². The molecule has 11 heteroatoms. The van der Waals surface area contributed by atoms with E-state index in [0.717, 1.165) is 0 Å². The number of rotatable bonds is 0. The third-order valence-electron chi connectivity index (χ3n) is 0. The predicted molar refractivity (Wildman–Crippen MR) is 22.2 cm³/mol. The van der Waals surface area contributed by atoms with Crippen LogP contribution in [0.15, 0.2) is 0 Å². The molecule has 0 atom stereocenters. The molecule has 56 valence electrons. The Morgan fingerprint density at radius 2 is 0.818 bits per heavy atom.